The van der Waals surface area contributed by atoms with Crippen molar-refractivity contribution in [2.75, 3.05) is 6.61 Å². The number of H-pyrrole nitrogens is 1. The van der Waals surface area contributed by atoms with Crippen molar-refractivity contribution in [1.82, 2.24) is 10.3 Å². The number of nitrogens with one attached hydrogen (secondary N) is 2. The van der Waals surface area contributed by atoms with E-state index in [2.05, 4.69) is 22.4 Å². The van der Waals surface area contributed by atoms with E-state index >= 15 is 0 Å². The van der Waals surface area contributed by atoms with Gasteiger partial charge in [0.05, 0.1) is 0 Å². The van der Waals surface area contributed by atoms with Crippen LogP contribution in [0.2, 0.25) is 0 Å². The smallest absolute Gasteiger partial charge is 0.220 e. The van der Waals surface area contributed by atoms with Gasteiger partial charge in [-0.05, 0) is 44.7 Å². The lowest BCUT2D eigenvalue weighted by atomic mass is 10.0. The fraction of sp³-hybridized carbons (Fsp3) is 0.471. The molecular formula is C17H24N2O2. The van der Waals surface area contributed by atoms with Gasteiger partial charge in [0.1, 0.15) is 0 Å². The molecule has 3 N–H and O–H groups in total. The Morgan fingerprint density at radius 2 is 2.10 bits per heavy atom. The van der Waals surface area contributed by atoms with Crippen molar-refractivity contribution in [2.24, 2.45) is 0 Å². The minimum atomic E-state index is -0.341. The van der Waals surface area contributed by atoms with E-state index in [-0.39, 0.29) is 18.1 Å². The number of amides is 1. The molecule has 0 saturated heterocycles. The largest absolute Gasteiger partial charge is 0.396 e. The average Bonchev–Trinajstić information content (AvgIpc) is 2.81. The highest BCUT2D eigenvalue weighted by Gasteiger charge is 2.19. The van der Waals surface area contributed by atoms with Crippen molar-refractivity contribution < 1.29 is 9.90 Å². The van der Waals surface area contributed by atoms with E-state index < -0.39 is 0 Å². The van der Waals surface area contributed by atoms with Crippen LogP contribution in [-0.2, 0) is 11.2 Å². The minimum absolute atomic E-state index is 0.0493. The molecule has 4 heteroatoms. The van der Waals surface area contributed by atoms with Crippen molar-refractivity contribution in [3.8, 4) is 0 Å². The van der Waals surface area contributed by atoms with Gasteiger partial charge in [-0.15, -0.1) is 0 Å². The predicted molar refractivity (Wildman–Crippen MR) is 85.2 cm³/mol. The fourth-order valence-electron chi connectivity index (χ4n) is 2.56. The Labute approximate surface area is 125 Å². The van der Waals surface area contributed by atoms with Crippen LogP contribution in [0.5, 0.6) is 0 Å². The van der Waals surface area contributed by atoms with Crippen molar-refractivity contribution in [1.29, 1.82) is 0 Å². The van der Waals surface area contributed by atoms with Gasteiger partial charge in [0.2, 0.25) is 5.91 Å². The normalized spacial score (nSPS) is 11.8. The molecule has 0 unspecified atom stereocenters. The summed E-state index contributed by atoms with van der Waals surface area (Å²) in [5, 5.41) is 13.2. The van der Waals surface area contributed by atoms with Crippen LogP contribution in [0, 0.1) is 0 Å². The van der Waals surface area contributed by atoms with Gasteiger partial charge in [0, 0.05) is 35.7 Å². The average molecular weight is 288 g/mol. The van der Waals surface area contributed by atoms with Gasteiger partial charge in [-0.3, -0.25) is 4.79 Å². The first kappa shape index (κ1) is 15.6. The van der Waals surface area contributed by atoms with Gasteiger partial charge in [-0.1, -0.05) is 18.2 Å². The molecule has 0 aliphatic rings. The van der Waals surface area contributed by atoms with Gasteiger partial charge < -0.3 is 15.4 Å². The summed E-state index contributed by atoms with van der Waals surface area (Å²) in [4.78, 5) is 15.2. The lowest BCUT2D eigenvalue weighted by Gasteiger charge is -2.25. The van der Waals surface area contributed by atoms with Crippen molar-refractivity contribution in [3.63, 3.8) is 0 Å². The number of aromatic nitrogens is 1. The van der Waals surface area contributed by atoms with E-state index in [4.69, 9.17) is 5.11 Å². The first-order valence-electron chi connectivity index (χ1n) is 7.49. The zero-order valence-electron chi connectivity index (χ0n) is 12.8. The monoisotopic (exact) mass is 288 g/mol. The summed E-state index contributed by atoms with van der Waals surface area (Å²) in [6, 6.07) is 8.21. The third-order valence-corrected chi connectivity index (χ3v) is 3.74. The van der Waals surface area contributed by atoms with Gasteiger partial charge in [0.15, 0.2) is 0 Å². The second-order valence-corrected chi connectivity index (χ2v) is 6.12. The molecule has 0 fully saturated rings. The maximum Gasteiger partial charge on any atom is 0.220 e. The molecule has 1 heterocycles. The quantitative estimate of drug-likeness (QED) is 0.733. The second-order valence-electron chi connectivity index (χ2n) is 6.12. The number of carbonyl (C=O) groups is 1. The lowest BCUT2D eigenvalue weighted by Crippen LogP contribution is -2.43. The maximum atomic E-state index is 11.9. The van der Waals surface area contributed by atoms with Crippen LogP contribution in [-0.4, -0.2) is 28.1 Å². The minimum Gasteiger partial charge on any atom is -0.396 e. The van der Waals surface area contributed by atoms with Crippen molar-refractivity contribution >= 4 is 16.8 Å². The number of aryl methyl sites for hydroxylation is 1. The number of aliphatic hydroxyl groups is 1. The number of para-hydroxylation sites is 1. The van der Waals surface area contributed by atoms with Crippen LogP contribution in [0.3, 0.4) is 0 Å². The Kier molecular flexibility index (Phi) is 5.02. The summed E-state index contributed by atoms with van der Waals surface area (Å²) in [6.45, 7) is 3.95. The SMILES string of the molecule is CC(C)(CCO)NC(=O)CCCc1c[nH]c2ccccc12. The van der Waals surface area contributed by atoms with E-state index in [0.717, 1.165) is 18.4 Å². The molecule has 1 aromatic carbocycles. The number of benzene rings is 1. The molecule has 0 saturated carbocycles. The number of rotatable bonds is 7. The summed E-state index contributed by atoms with van der Waals surface area (Å²) >= 11 is 0. The van der Waals surface area contributed by atoms with E-state index in [1.807, 2.05) is 32.2 Å². The van der Waals surface area contributed by atoms with Crippen LogP contribution < -0.4 is 5.32 Å². The highest BCUT2D eigenvalue weighted by Crippen LogP contribution is 2.19. The zero-order chi connectivity index (χ0) is 15.3. The Hall–Kier alpha value is -1.81. The molecule has 0 aliphatic carbocycles. The van der Waals surface area contributed by atoms with Crippen molar-refractivity contribution in [3.05, 3.63) is 36.0 Å². The molecular weight excluding hydrogens is 264 g/mol. The molecule has 2 aromatic rings. The standard InChI is InChI=1S/C17H24N2O2/c1-17(2,10-11-20)19-16(21)9-5-6-13-12-18-15-8-4-3-7-14(13)15/h3-4,7-8,12,18,20H,5-6,9-11H2,1-2H3,(H,19,21). The lowest BCUT2D eigenvalue weighted by molar-refractivity contribution is -0.122. The summed E-state index contributed by atoms with van der Waals surface area (Å²) in [5.74, 6) is 0.0493. The summed E-state index contributed by atoms with van der Waals surface area (Å²) in [7, 11) is 0. The highest BCUT2D eigenvalue weighted by atomic mass is 16.3. The molecule has 0 bridgehead atoms. The zero-order valence-corrected chi connectivity index (χ0v) is 12.8. The molecule has 2 rings (SSSR count). The topological polar surface area (TPSA) is 65.1 Å². The number of carbonyl (C=O) groups excluding carboxylic acids is 1. The van der Waals surface area contributed by atoms with Gasteiger partial charge >= 0.3 is 0 Å². The van der Waals surface area contributed by atoms with Crippen LogP contribution in [0.4, 0.5) is 0 Å². The predicted octanol–water partition coefficient (Wildman–Crippen LogP) is 2.77. The van der Waals surface area contributed by atoms with Gasteiger partial charge in [-0.25, -0.2) is 0 Å². The van der Waals surface area contributed by atoms with Gasteiger partial charge in [0.25, 0.3) is 0 Å². The molecule has 1 aromatic heterocycles. The number of fused-ring (bicyclic) bond motifs is 1. The Morgan fingerprint density at radius 1 is 1.33 bits per heavy atom. The van der Waals surface area contributed by atoms with Crippen LogP contribution >= 0.6 is 0 Å². The highest BCUT2D eigenvalue weighted by molar-refractivity contribution is 5.83. The molecule has 1 amide bonds. The van der Waals surface area contributed by atoms with Crippen LogP contribution in [0.15, 0.2) is 30.5 Å². The summed E-state index contributed by atoms with van der Waals surface area (Å²) in [6.07, 6.45) is 4.81. The fourth-order valence-corrected chi connectivity index (χ4v) is 2.56. The summed E-state index contributed by atoms with van der Waals surface area (Å²) < 4.78 is 0. The molecule has 0 atom stereocenters. The number of hydrogen-bond acceptors (Lipinski definition) is 2. The Balaban J connectivity index is 1.83. The maximum absolute atomic E-state index is 11.9. The van der Waals surface area contributed by atoms with E-state index in [9.17, 15) is 4.79 Å². The molecule has 0 radical (unpaired) electrons. The van der Waals surface area contributed by atoms with Gasteiger partial charge in [-0.2, -0.15) is 0 Å². The molecule has 21 heavy (non-hydrogen) atoms. The van der Waals surface area contributed by atoms with E-state index in [1.54, 1.807) is 0 Å². The third-order valence-electron chi connectivity index (χ3n) is 3.74. The second kappa shape index (κ2) is 6.76. The molecule has 4 nitrogen and oxygen atoms in total. The van der Waals surface area contributed by atoms with E-state index in [0.29, 0.717) is 12.8 Å². The summed E-state index contributed by atoms with van der Waals surface area (Å²) in [5.41, 5.74) is 2.06. The molecule has 114 valence electrons. The Bertz CT molecular complexity index is 602. The first-order chi connectivity index (χ1) is 10.0. The number of aliphatic hydroxyl groups excluding tert-OH is 1. The Morgan fingerprint density at radius 3 is 2.86 bits per heavy atom. The van der Waals surface area contributed by atoms with Crippen molar-refractivity contribution in [2.45, 2.75) is 45.1 Å². The number of hydrogen-bond donors (Lipinski definition) is 3. The van der Waals surface area contributed by atoms with Crippen LogP contribution in [0.25, 0.3) is 10.9 Å². The third kappa shape index (κ3) is 4.33. The van der Waals surface area contributed by atoms with E-state index in [1.165, 1.54) is 10.9 Å². The molecule has 0 aliphatic heterocycles. The molecule has 0 spiro atoms. The first-order valence-corrected chi connectivity index (χ1v) is 7.49. The number of aromatic amines is 1. The van der Waals surface area contributed by atoms with Crippen LogP contribution in [0.1, 0.15) is 38.7 Å².